The molecule has 3 unspecified atom stereocenters. The summed E-state index contributed by atoms with van der Waals surface area (Å²) in [5.41, 5.74) is 0. The Morgan fingerprint density at radius 3 is 2.53 bits per heavy atom. The summed E-state index contributed by atoms with van der Waals surface area (Å²) >= 11 is 0. The first kappa shape index (κ1) is 15.8. The van der Waals surface area contributed by atoms with Gasteiger partial charge in [0.1, 0.15) is 6.04 Å². The number of aliphatic carboxylic acids is 1. The van der Waals surface area contributed by atoms with Gasteiger partial charge < -0.3 is 15.7 Å². The molecule has 0 spiro atoms. The number of carboxylic acid groups (broad SMARTS) is 1. The van der Waals surface area contributed by atoms with Crippen molar-refractivity contribution in [3.8, 4) is 0 Å². The van der Waals surface area contributed by atoms with Crippen molar-refractivity contribution in [1.82, 2.24) is 10.6 Å². The van der Waals surface area contributed by atoms with Crippen LogP contribution in [0.3, 0.4) is 0 Å². The summed E-state index contributed by atoms with van der Waals surface area (Å²) in [5, 5.41) is 14.4. The molecular formula is C14H26N2O3. The Balaban J connectivity index is 2.34. The van der Waals surface area contributed by atoms with Gasteiger partial charge in [0.15, 0.2) is 0 Å². The van der Waals surface area contributed by atoms with Crippen molar-refractivity contribution in [2.75, 3.05) is 6.54 Å². The summed E-state index contributed by atoms with van der Waals surface area (Å²) in [6.45, 7) is 6.62. The van der Waals surface area contributed by atoms with E-state index in [-0.39, 0.29) is 11.9 Å². The van der Waals surface area contributed by atoms with Gasteiger partial charge in [0.25, 0.3) is 0 Å². The van der Waals surface area contributed by atoms with E-state index in [0.29, 0.717) is 12.5 Å². The third kappa shape index (κ3) is 5.09. The highest BCUT2D eigenvalue weighted by atomic mass is 16.4. The molecule has 19 heavy (non-hydrogen) atoms. The van der Waals surface area contributed by atoms with Gasteiger partial charge in [-0.3, -0.25) is 0 Å². The van der Waals surface area contributed by atoms with E-state index in [0.717, 1.165) is 25.2 Å². The second-order valence-corrected chi connectivity index (χ2v) is 5.84. The quantitative estimate of drug-likeness (QED) is 0.692. The first-order chi connectivity index (χ1) is 8.93. The van der Waals surface area contributed by atoms with Gasteiger partial charge in [-0.05, 0) is 30.6 Å². The summed E-state index contributed by atoms with van der Waals surface area (Å²) in [4.78, 5) is 22.8. The molecule has 110 valence electrons. The van der Waals surface area contributed by atoms with Crippen molar-refractivity contribution in [3.05, 3.63) is 0 Å². The molecule has 2 amide bonds. The molecule has 0 bridgehead atoms. The Morgan fingerprint density at radius 1 is 1.37 bits per heavy atom. The van der Waals surface area contributed by atoms with E-state index in [9.17, 15) is 9.59 Å². The van der Waals surface area contributed by atoms with Crippen LogP contribution in [-0.4, -0.2) is 29.7 Å². The first-order valence-electron chi connectivity index (χ1n) is 7.21. The second-order valence-electron chi connectivity index (χ2n) is 5.84. The average molecular weight is 270 g/mol. The van der Waals surface area contributed by atoms with Crippen LogP contribution in [0.1, 0.15) is 46.5 Å². The minimum absolute atomic E-state index is 0.0743. The fraction of sp³-hybridized carbons (Fsp3) is 0.857. The zero-order valence-electron chi connectivity index (χ0n) is 12.1. The van der Waals surface area contributed by atoms with E-state index >= 15 is 0 Å². The molecule has 5 heteroatoms. The normalized spacial score (nSPS) is 25.6. The zero-order chi connectivity index (χ0) is 14.4. The number of hydrogen-bond donors (Lipinski definition) is 3. The van der Waals surface area contributed by atoms with Crippen molar-refractivity contribution in [2.45, 2.75) is 52.5 Å². The molecule has 0 aromatic heterocycles. The maximum atomic E-state index is 11.7. The van der Waals surface area contributed by atoms with Crippen molar-refractivity contribution < 1.29 is 14.7 Å². The molecule has 0 aromatic rings. The molecule has 1 aliphatic rings. The van der Waals surface area contributed by atoms with Crippen LogP contribution in [0.5, 0.6) is 0 Å². The number of hydrogen-bond acceptors (Lipinski definition) is 2. The number of carbonyl (C=O) groups excluding carboxylic acids is 1. The fourth-order valence-corrected chi connectivity index (χ4v) is 2.62. The molecule has 0 saturated heterocycles. The maximum Gasteiger partial charge on any atom is 0.326 e. The van der Waals surface area contributed by atoms with E-state index in [1.165, 1.54) is 6.42 Å². The first-order valence-corrected chi connectivity index (χ1v) is 7.21. The van der Waals surface area contributed by atoms with Crippen LogP contribution in [0.15, 0.2) is 0 Å². The standard InChI is InChI=1S/C14H26N2O3/c1-4-10(3)12(13(17)18)16-14(19)15-8-11-6-5-9(2)7-11/h9-12H,4-8H2,1-3H3,(H,17,18)(H2,15,16,19)/t9?,10?,11?,12-/m0/s1. The van der Waals surface area contributed by atoms with E-state index in [2.05, 4.69) is 17.6 Å². The number of urea groups is 1. The number of nitrogens with one attached hydrogen (secondary N) is 2. The third-order valence-electron chi connectivity index (χ3n) is 4.12. The maximum absolute atomic E-state index is 11.7. The topological polar surface area (TPSA) is 78.4 Å². The lowest BCUT2D eigenvalue weighted by Gasteiger charge is -2.21. The second kappa shape index (κ2) is 7.36. The van der Waals surface area contributed by atoms with Crippen molar-refractivity contribution in [3.63, 3.8) is 0 Å². The third-order valence-corrected chi connectivity index (χ3v) is 4.12. The van der Waals surface area contributed by atoms with Gasteiger partial charge in [-0.2, -0.15) is 0 Å². The molecule has 4 atom stereocenters. The highest BCUT2D eigenvalue weighted by Crippen LogP contribution is 2.29. The fourth-order valence-electron chi connectivity index (χ4n) is 2.62. The summed E-state index contributed by atoms with van der Waals surface area (Å²) < 4.78 is 0. The predicted octanol–water partition coefficient (Wildman–Crippen LogP) is 2.22. The van der Waals surface area contributed by atoms with Gasteiger partial charge >= 0.3 is 12.0 Å². The van der Waals surface area contributed by atoms with Crippen LogP contribution >= 0.6 is 0 Å². The molecule has 1 saturated carbocycles. The lowest BCUT2D eigenvalue weighted by molar-refractivity contribution is -0.140. The Bertz CT molecular complexity index is 320. The van der Waals surface area contributed by atoms with E-state index in [4.69, 9.17) is 5.11 Å². The van der Waals surface area contributed by atoms with Crippen LogP contribution in [0.2, 0.25) is 0 Å². The monoisotopic (exact) mass is 270 g/mol. The minimum atomic E-state index is -0.973. The van der Waals surface area contributed by atoms with E-state index < -0.39 is 12.0 Å². The smallest absolute Gasteiger partial charge is 0.326 e. The number of rotatable bonds is 6. The molecule has 0 aliphatic heterocycles. The molecular weight excluding hydrogens is 244 g/mol. The van der Waals surface area contributed by atoms with E-state index in [1.807, 2.05) is 13.8 Å². The highest BCUT2D eigenvalue weighted by molar-refractivity contribution is 5.82. The Labute approximate surface area is 115 Å². The Morgan fingerprint density at radius 2 is 2.05 bits per heavy atom. The lowest BCUT2D eigenvalue weighted by Crippen LogP contribution is -2.49. The van der Waals surface area contributed by atoms with Crippen LogP contribution in [0.4, 0.5) is 4.79 Å². The molecule has 3 N–H and O–H groups in total. The molecule has 0 radical (unpaired) electrons. The molecule has 1 rings (SSSR count). The van der Waals surface area contributed by atoms with Gasteiger partial charge in [0.05, 0.1) is 0 Å². The number of carboxylic acids is 1. The lowest BCUT2D eigenvalue weighted by atomic mass is 9.99. The zero-order valence-corrected chi connectivity index (χ0v) is 12.1. The highest BCUT2D eigenvalue weighted by Gasteiger charge is 2.26. The molecule has 1 aliphatic carbocycles. The Kier molecular flexibility index (Phi) is 6.12. The number of carbonyl (C=O) groups is 2. The largest absolute Gasteiger partial charge is 0.480 e. The summed E-state index contributed by atoms with van der Waals surface area (Å²) in [5.74, 6) is 0.225. The van der Waals surface area contributed by atoms with Gasteiger partial charge in [0, 0.05) is 6.54 Å². The molecule has 0 heterocycles. The van der Waals surface area contributed by atoms with Crippen LogP contribution in [0.25, 0.3) is 0 Å². The molecule has 1 fully saturated rings. The van der Waals surface area contributed by atoms with Crippen molar-refractivity contribution >= 4 is 12.0 Å². The summed E-state index contributed by atoms with van der Waals surface area (Å²) in [6, 6.07) is -1.18. The van der Waals surface area contributed by atoms with Gasteiger partial charge in [-0.1, -0.05) is 33.6 Å². The van der Waals surface area contributed by atoms with Gasteiger partial charge in [-0.15, -0.1) is 0 Å². The Hall–Kier alpha value is -1.26. The molecule has 5 nitrogen and oxygen atoms in total. The minimum Gasteiger partial charge on any atom is -0.480 e. The summed E-state index contributed by atoms with van der Waals surface area (Å²) in [6.07, 6.45) is 4.24. The van der Waals surface area contributed by atoms with Crippen molar-refractivity contribution in [1.29, 1.82) is 0 Å². The average Bonchev–Trinajstić information content (AvgIpc) is 2.78. The van der Waals surface area contributed by atoms with Crippen LogP contribution in [0, 0.1) is 17.8 Å². The SMILES string of the molecule is CCC(C)[C@H](NC(=O)NCC1CCC(C)C1)C(=O)O. The molecule has 0 aromatic carbocycles. The van der Waals surface area contributed by atoms with Crippen molar-refractivity contribution in [2.24, 2.45) is 17.8 Å². The number of amides is 2. The predicted molar refractivity (Wildman–Crippen MR) is 73.9 cm³/mol. The van der Waals surface area contributed by atoms with Gasteiger partial charge in [0.2, 0.25) is 0 Å². The summed E-state index contributed by atoms with van der Waals surface area (Å²) in [7, 11) is 0. The van der Waals surface area contributed by atoms with Gasteiger partial charge in [-0.25, -0.2) is 9.59 Å². The van der Waals surface area contributed by atoms with E-state index in [1.54, 1.807) is 0 Å². The van der Waals surface area contributed by atoms with Crippen LogP contribution in [-0.2, 0) is 4.79 Å². The van der Waals surface area contributed by atoms with Crippen LogP contribution < -0.4 is 10.6 Å².